The first-order chi connectivity index (χ1) is 11.8. The van der Waals surface area contributed by atoms with Gasteiger partial charge in [0.2, 0.25) is 0 Å². The molecule has 5 nitrogen and oxygen atoms in total. The largest absolute Gasteiger partial charge is 0.379 e. The number of fused-ring (bicyclic) bond motifs is 1. The van der Waals surface area contributed by atoms with Crippen molar-refractivity contribution >= 4 is 5.65 Å². The number of morpholine rings is 1. The number of aromatic nitrogens is 2. The van der Waals surface area contributed by atoms with Gasteiger partial charge in [-0.25, -0.2) is 4.98 Å². The molecular weight excluding hydrogens is 300 g/mol. The van der Waals surface area contributed by atoms with Crippen LogP contribution in [-0.4, -0.2) is 40.6 Å². The van der Waals surface area contributed by atoms with Crippen LogP contribution in [0.2, 0.25) is 0 Å². The second-order valence-electron chi connectivity index (χ2n) is 5.92. The van der Waals surface area contributed by atoms with Crippen molar-refractivity contribution in [3.63, 3.8) is 0 Å². The summed E-state index contributed by atoms with van der Waals surface area (Å²) in [5.41, 5.74) is 4.72. The van der Waals surface area contributed by atoms with Crippen LogP contribution < -0.4 is 0 Å². The van der Waals surface area contributed by atoms with E-state index >= 15 is 0 Å². The van der Waals surface area contributed by atoms with Crippen molar-refractivity contribution in [3.05, 3.63) is 59.9 Å². The number of benzene rings is 1. The molecule has 3 heterocycles. The predicted octanol–water partition coefficient (Wildman–Crippen LogP) is 2.71. The lowest BCUT2D eigenvalue weighted by Gasteiger charge is -2.26. The van der Waals surface area contributed by atoms with Crippen LogP contribution in [0.4, 0.5) is 0 Å². The van der Waals surface area contributed by atoms with Gasteiger partial charge in [0.25, 0.3) is 0 Å². The third kappa shape index (κ3) is 2.78. The lowest BCUT2D eigenvalue weighted by molar-refractivity contribution is 0.0336. The van der Waals surface area contributed by atoms with Gasteiger partial charge >= 0.3 is 0 Å². The van der Waals surface area contributed by atoms with E-state index in [1.54, 1.807) is 0 Å². The first kappa shape index (κ1) is 14.9. The number of pyridine rings is 1. The van der Waals surface area contributed by atoms with Crippen molar-refractivity contribution in [3.8, 4) is 17.3 Å². The van der Waals surface area contributed by atoms with Crippen LogP contribution >= 0.6 is 0 Å². The molecule has 1 fully saturated rings. The smallest absolute Gasteiger partial charge is 0.137 e. The molecule has 2 aromatic heterocycles. The molecule has 0 N–H and O–H groups in total. The molecule has 1 saturated heterocycles. The van der Waals surface area contributed by atoms with Crippen LogP contribution in [0.25, 0.3) is 16.9 Å². The van der Waals surface area contributed by atoms with Crippen LogP contribution in [0.5, 0.6) is 0 Å². The molecule has 24 heavy (non-hydrogen) atoms. The lowest BCUT2D eigenvalue weighted by atomic mass is 10.1. The van der Waals surface area contributed by atoms with Gasteiger partial charge in [-0.15, -0.1) is 0 Å². The van der Waals surface area contributed by atoms with Crippen LogP contribution in [0, 0.1) is 11.3 Å². The third-order valence-electron chi connectivity index (χ3n) is 4.37. The summed E-state index contributed by atoms with van der Waals surface area (Å²) in [7, 11) is 0. The summed E-state index contributed by atoms with van der Waals surface area (Å²) < 4.78 is 7.50. The molecule has 1 aromatic carbocycles. The zero-order valence-corrected chi connectivity index (χ0v) is 13.4. The molecule has 0 saturated carbocycles. The first-order valence-electron chi connectivity index (χ1n) is 8.12. The van der Waals surface area contributed by atoms with Gasteiger partial charge in [-0.2, -0.15) is 5.26 Å². The van der Waals surface area contributed by atoms with Crippen molar-refractivity contribution in [1.82, 2.24) is 14.3 Å². The Morgan fingerprint density at radius 3 is 2.62 bits per heavy atom. The number of nitriles is 1. The highest BCUT2D eigenvalue weighted by Gasteiger charge is 2.19. The molecule has 5 heteroatoms. The molecule has 1 aliphatic rings. The van der Waals surface area contributed by atoms with Gasteiger partial charge < -0.3 is 9.14 Å². The molecule has 1 aliphatic heterocycles. The SMILES string of the molecule is N#Cc1ccc2nc(-c3ccccc3)c(CN3CCOCC3)n2c1. The number of hydrogen-bond acceptors (Lipinski definition) is 4. The topological polar surface area (TPSA) is 53.6 Å². The Morgan fingerprint density at radius 1 is 1.08 bits per heavy atom. The normalized spacial score (nSPS) is 15.5. The lowest BCUT2D eigenvalue weighted by Crippen LogP contribution is -2.36. The monoisotopic (exact) mass is 318 g/mol. The van der Waals surface area contributed by atoms with E-state index in [9.17, 15) is 5.26 Å². The summed E-state index contributed by atoms with van der Waals surface area (Å²) in [6.45, 7) is 4.16. The fraction of sp³-hybridized carbons (Fsp3) is 0.263. The molecule has 0 radical (unpaired) electrons. The second kappa shape index (κ2) is 6.44. The van der Waals surface area contributed by atoms with Crippen molar-refractivity contribution in [1.29, 1.82) is 5.26 Å². The van der Waals surface area contributed by atoms with E-state index in [-0.39, 0.29) is 0 Å². The Morgan fingerprint density at radius 2 is 1.88 bits per heavy atom. The summed E-state index contributed by atoms with van der Waals surface area (Å²) in [5, 5.41) is 9.22. The van der Waals surface area contributed by atoms with E-state index in [2.05, 4.69) is 27.5 Å². The van der Waals surface area contributed by atoms with E-state index in [1.807, 2.05) is 36.5 Å². The Hall–Kier alpha value is -2.68. The molecule has 120 valence electrons. The van der Waals surface area contributed by atoms with Crippen LogP contribution in [-0.2, 0) is 11.3 Å². The highest BCUT2D eigenvalue weighted by molar-refractivity contribution is 5.66. The maximum Gasteiger partial charge on any atom is 0.137 e. The summed E-state index contributed by atoms with van der Waals surface area (Å²) >= 11 is 0. The fourth-order valence-electron chi connectivity index (χ4n) is 3.11. The average Bonchev–Trinajstić information content (AvgIpc) is 3.01. The minimum atomic E-state index is 0.641. The van der Waals surface area contributed by atoms with Gasteiger partial charge in [0.05, 0.1) is 30.2 Å². The maximum atomic E-state index is 9.22. The molecule has 0 spiro atoms. The van der Waals surface area contributed by atoms with E-state index < -0.39 is 0 Å². The summed E-state index contributed by atoms with van der Waals surface area (Å²) in [6, 6.07) is 16.2. The Balaban J connectivity index is 1.84. The van der Waals surface area contributed by atoms with E-state index in [0.29, 0.717) is 5.56 Å². The molecule has 0 unspecified atom stereocenters. The summed E-state index contributed by atoms with van der Waals surface area (Å²) in [4.78, 5) is 7.19. The van der Waals surface area contributed by atoms with Gasteiger partial charge in [0, 0.05) is 31.4 Å². The van der Waals surface area contributed by atoms with Gasteiger partial charge in [0.15, 0.2) is 0 Å². The van der Waals surface area contributed by atoms with E-state index in [4.69, 9.17) is 9.72 Å². The molecule has 0 amide bonds. The van der Waals surface area contributed by atoms with Gasteiger partial charge in [-0.1, -0.05) is 30.3 Å². The van der Waals surface area contributed by atoms with Crippen molar-refractivity contribution < 1.29 is 4.74 Å². The minimum absolute atomic E-state index is 0.641. The van der Waals surface area contributed by atoms with Crippen LogP contribution in [0.15, 0.2) is 48.7 Å². The standard InChI is InChI=1S/C19H18N4O/c20-12-15-6-7-18-21-19(16-4-2-1-3-5-16)17(23(18)13-15)14-22-8-10-24-11-9-22/h1-7,13H,8-11,14H2. The minimum Gasteiger partial charge on any atom is -0.379 e. The highest BCUT2D eigenvalue weighted by atomic mass is 16.5. The van der Waals surface area contributed by atoms with E-state index in [0.717, 1.165) is 55.4 Å². The number of hydrogen-bond donors (Lipinski definition) is 0. The summed E-state index contributed by atoms with van der Waals surface area (Å²) in [6.07, 6.45) is 1.88. The third-order valence-corrected chi connectivity index (χ3v) is 4.37. The highest BCUT2D eigenvalue weighted by Crippen LogP contribution is 2.26. The zero-order chi connectivity index (χ0) is 16.4. The Kier molecular flexibility index (Phi) is 3.99. The maximum absolute atomic E-state index is 9.22. The Labute approximate surface area is 140 Å². The number of nitrogens with zero attached hydrogens (tertiary/aromatic N) is 4. The summed E-state index contributed by atoms with van der Waals surface area (Å²) in [5.74, 6) is 0. The van der Waals surface area contributed by atoms with Gasteiger partial charge in [0.1, 0.15) is 11.7 Å². The molecular formula is C19H18N4O. The van der Waals surface area contributed by atoms with Crippen molar-refractivity contribution in [2.24, 2.45) is 0 Å². The van der Waals surface area contributed by atoms with Crippen molar-refractivity contribution in [2.75, 3.05) is 26.3 Å². The number of imidazole rings is 1. The quantitative estimate of drug-likeness (QED) is 0.745. The molecule has 0 bridgehead atoms. The predicted molar refractivity (Wildman–Crippen MR) is 91.4 cm³/mol. The Bertz CT molecular complexity index is 889. The van der Waals surface area contributed by atoms with Gasteiger partial charge in [-0.3, -0.25) is 4.90 Å². The molecule has 4 rings (SSSR count). The van der Waals surface area contributed by atoms with Crippen molar-refractivity contribution in [2.45, 2.75) is 6.54 Å². The number of rotatable bonds is 3. The first-order valence-corrected chi connectivity index (χ1v) is 8.12. The van der Waals surface area contributed by atoms with Crippen LogP contribution in [0.3, 0.4) is 0 Å². The number of ether oxygens (including phenoxy) is 1. The van der Waals surface area contributed by atoms with Gasteiger partial charge in [-0.05, 0) is 12.1 Å². The molecule has 0 aliphatic carbocycles. The molecule has 3 aromatic rings. The van der Waals surface area contributed by atoms with E-state index in [1.165, 1.54) is 0 Å². The second-order valence-corrected chi connectivity index (χ2v) is 5.92. The zero-order valence-electron chi connectivity index (χ0n) is 13.4. The van der Waals surface area contributed by atoms with Crippen LogP contribution in [0.1, 0.15) is 11.3 Å². The fourth-order valence-corrected chi connectivity index (χ4v) is 3.11. The average molecular weight is 318 g/mol. The molecule has 0 atom stereocenters.